The highest BCUT2D eigenvalue weighted by Crippen LogP contribution is 2.58. The summed E-state index contributed by atoms with van der Waals surface area (Å²) in [5, 5.41) is 6.18. The minimum Gasteiger partial charge on any atom is -0.482 e. The second-order valence-electron chi connectivity index (χ2n) is 12.3. The molecular formula is C42H29N3O. The van der Waals surface area contributed by atoms with Gasteiger partial charge in [-0.05, 0) is 59.0 Å². The van der Waals surface area contributed by atoms with Crippen molar-refractivity contribution in [1.29, 1.82) is 0 Å². The fourth-order valence-electron chi connectivity index (χ4n) is 7.90. The molecule has 8 aromatic rings. The zero-order valence-corrected chi connectivity index (χ0v) is 25.3. The molecule has 2 atom stereocenters. The Morgan fingerprint density at radius 1 is 0.717 bits per heavy atom. The Labute approximate surface area is 266 Å². The van der Waals surface area contributed by atoms with Crippen LogP contribution in [-0.4, -0.2) is 14.0 Å². The zero-order valence-electron chi connectivity index (χ0n) is 25.3. The molecule has 2 unspecified atom stereocenters. The molecule has 218 valence electrons. The number of benzene rings is 5. The summed E-state index contributed by atoms with van der Waals surface area (Å²) in [5.74, 6) is 1.08. The van der Waals surface area contributed by atoms with Crippen LogP contribution in [-0.2, 0) is 0 Å². The quantitative estimate of drug-likeness (QED) is 0.191. The van der Waals surface area contributed by atoms with E-state index in [9.17, 15) is 0 Å². The molecule has 46 heavy (non-hydrogen) atoms. The number of nitrogens with zero attached hydrogens (tertiary/aromatic N) is 3. The fraction of sp³-hybridized carbons (Fsp3) is 0.0714. The highest BCUT2D eigenvalue weighted by molar-refractivity contribution is 6.13. The molecule has 0 spiro atoms. The number of hydrogen-bond donors (Lipinski definition) is 0. The van der Waals surface area contributed by atoms with Gasteiger partial charge in [-0.25, -0.2) is 4.98 Å². The van der Waals surface area contributed by atoms with Gasteiger partial charge in [0.1, 0.15) is 11.4 Å². The highest BCUT2D eigenvalue weighted by atomic mass is 16.5. The summed E-state index contributed by atoms with van der Waals surface area (Å²) >= 11 is 0. The smallest absolute Gasteiger partial charge is 0.150 e. The Kier molecular flexibility index (Phi) is 5.29. The number of hydrogen-bond acceptors (Lipinski definition) is 2. The monoisotopic (exact) mass is 591 g/mol. The lowest BCUT2D eigenvalue weighted by Crippen LogP contribution is -2.18. The van der Waals surface area contributed by atoms with Gasteiger partial charge in [-0.1, -0.05) is 103 Å². The predicted octanol–water partition coefficient (Wildman–Crippen LogP) is 10.4. The van der Waals surface area contributed by atoms with Gasteiger partial charge >= 0.3 is 0 Å². The molecule has 2 aliphatic rings. The van der Waals surface area contributed by atoms with Crippen molar-refractivity contribution in [3.05, 3.63) is 163 Å². The van der Waals surface area contributed by atoms with Gasteiger partial charge in [0.15, 0.2) is 6.10 Å². The molecule has 10 rings (SSSR count). The first-order valence-electron chi connectivity index (χ1n) is 15.9. The van der Waals surface area contributed by atoms with Crippen LogP contribution in [0.15, 0.2) is 146 Å². The summed E-state index contributed by atoms with van der Waals surface area (Å²) in [7, 11) is 0. The van der Waals surface area contributed by atoms with E-state index in [1.165, 1.54) is 54.8 Å². The van der Waals surface area contributed by atoms with Crippen LogP contribution in [0.1, 0.15) is 35.8 Å². The maximum Gasteiger partial charge on any atom is 0.150 e. The van der Waals surface area contributed by atoms with Crippen LogP contribution in [0.2, 0.25) is 0 Å². The minimum atomic E-state index is -0.168. The number of aromatic nitrogens is 3. The van der Waals surface area contributed by atoms with E-state index in [0.29, 0.717) is 0 Å². The van der Waals surface area contributed by atoms with E-state index in [1.807, 2.05) is 24.4 Å². The van der Waals surface area contributed by atoms with Crippen molar-refractivity contribution < 1.29 is 4.74 Å². The molecule has 0 N–H and O–H groups in total. The molecule has 4 nitrogen and oxygen atoms in total. The summed E-state index contributed by atoms with van der Waals surface area (Å²) in [6, 6.07) is 41.2. The third-order valence-electron chi connectivity index (χ3n) is 9.79. The number of ether oxygens (including phenoxy) is 1. The Morgan fingerprint density at radius 3 is 2.20 bits per heavy atom. The number of fused-ring (bicyclic) bond motifs is 13. The second kappa shape index (κ2) is 9.56. The molecule has 5 aromatic carbocycles. The van der Waals surface area contributed by atoms with Gasteiger partial charge in [0.05, 0.1) is 16.9 Å². The van der Waals surface area contributed by atoms with Crippen molar-refractivity contribution in [3.8, 4) is 22.7 Å². The van der Waals surface area contributed by atoms with Gasteiger partial charge in [-0.15, -0.1) is 0 Å². The van der Waals surface area contributed by atoms with E-state index in [-0.39, 0.29) is 12.0 Å². The number of imidazole rings is 1. The lowest BCUT2D eigenvalue weighted by molar-refractivity contribution is 0.218. The Bertz CT molecular complexity index is 2550. The van der Waals surface area contributed by atoms with Crippen molar-refractivity contribution in [1.82, 2.24) is 14.0 Å². The van der Waals surface area contributed by atoms with Gasteiger partial charge in [0.25, 0.3) is 0 Å². The average molecular weight is 592 g/mol. The average Bonchev–Trinajstić information content (AvgIpc) is 3.81. The van der Waals surface area contributed by atoms with E-state index in [4.69, 9.17) is 9.72 Å². The molecular weight excluding hydrogens is 562 g/mol. The first-order chi connectivity index (χ1) is 22.8. The molecule has 4 heterocycles. The van der Waals surface area contributed by atoms with Crippen LogP contribution in [0, 0.1) is 0 Å². The van der Waals surface area contributed by atoms with E-state index >= 15 is 0 Å². The van der Waals surface area contributed by atoms with Crippen molar-refractivity contribution >= 4 is 43.7 Å². The lowest BCUT2D eigenvalue weighted by Gasteiger charge is -2.26. The van der Waals surface area contributed by atoms with Gasteiger partial charge < -0.3 is 13.7 Å². The van der Waals surface area contributed by atoms with Gasteiger partial charge in [-0.2, -0.15) is 0 Å². The SMILES string of the molecule is C/C=C/C1=CC2c3c(c4ccccc4c4ccccc34)OC2c2c1c1ccccc1n2-c1ccc(-c2cn3ccccc3n2)cc1. The second-order valence-corrected chi connectivity index (χ2v) is 12.3. The molecule has 1 aliphatic carbocycles. The van der Waals surface area contributed by atoms with Gasteiger partial charge in [-0.3, -0.25) is 0 Å². The zero-order chi connectivity index (χ0) is 30.4. The topological polar surface area (TPSA) is 31.5 Å². The standard InChI is InChI=1S/C42H29N3O/c1-2-11-27-24-34-39-31-14-5-3-12-29(31)30-13-4-6-15-32(30)41(39)46-42(34)40-38(27)33-16-7-8-17-36(33)45(40)28-21-19-26(20-22-28)35-25-44-23-10-9-18-37(44)43-35/h2-25,34,42H,1H3/b11-2+. The maximum atomic E-state index is 7.20. The Balaban J connectivity index is 1.21. The van der Waals surface area contributed by atoms with Gasteiger partial charge in [0, 0.05) is 51.5 Å². The minimum absolute atomic E-state index is 0.0727. The van der Waals surface area contributed by atoms with Crippen LogP contribution < -0.4 is 4.74 Å². The summed E-state index contributed by atoms with van der Waals surface area (Å²) < 4.78 is 11.7. The fourth-order valence-corrected chi connectivity index (χ4v) is 7.90. The summed E-state index contributed by atoms with van der Waals surface area (Å²) in [6.07, 6.45) is 10.8. The van der Waals surface area contributed by atoms with E-state index < -0.39 is 0 Å². The third-order valence-corrected chi connectivity index (χ3v) is 9.79. The summed E-state index contributed by atoms with van der Waals surface area (Å²) in [4.78, 5) is 4.86. The number of pyridine rings is 1. The van der Waals surface area contributed by atoms with Gasteiger partial charge in [0.2, 0.25) is 0 Å². The molecule has 0 saturated heterocycles. The van der Waals surface area contributed by atoms with Crippen LogP contribution in [0.3, 0.4) is 0 Å². The first-order valence-corrected chi connectivity index (χ1v) is 15.9. The van der Waals surface area contributed by atoms with E-state index in [0.717, 1.165) is 28.3 Å². The van der Waals surface area contributed by atoms with Crippen molar-refractivity contribution in [2.24, 2.45) is 0 Å². The number of allylic oxidation sites excluding steroid dienone is 3. The third kappa shape index (κ3) is 3.47. The molecule has 4 heteroatoms. The van der Waals surface area contributed by atoms with Crippen LogP contribution in [0.4, 0.5) is 0 Å². The first kappa shape index (κ1) is 25.5. The van der Waals surface area contributed by atoms with Crippen LogP contribution >= 0.6 is 0 Å². The lowest BCUT2D eigenvalue weighted by atomic mass is 9.80. The van der Waals surface area contributed by atoms with Crippen molar-refractivity contribution in [2.75, 3.05) is 0 Å². The molecule has 0 amide bonds. The number of rotatable bonds is 3. The maximum absolute atomic E-state index is 7.20. The van der Waals surface area contributed by atoms with E-state index in [1.54, 1.807) is 0 Å². The van der Waals surface area contributed by atoms with Crippen molar-refractivity contribution in [2.45, 2.75) is 18.9 Å². The molecule has 0 bridgehead atoms. The van der Waals surface area contributed by atoms with Crippen molar-refractivity contribution in [3.63, 3.8) is 0 Å². The van der Waals surface area contributed by atoms with E-state index in [2.05, 4.69) is 137 Å². The van der Waals surface area contributed by atoms with Crippen LogP contribution in [0.5, 0.6) is 5.75 Å². The summed E-state index contributed by atoms with van der Waals surface area (Å²) in [6.45, 7) is 2.10. The molecule has 0 radical (unpaired) electrons. The van der Waals surface area contributed by atoms with Crippen LogP contribution in [0.25, 0.3) is 60.6 Å². The molecule has 3 aromatic heterocycles. The normalized spacial score (nSPS) is 17.0. The largest absolute Gasteiger partial charge is 0.482 e. The molecule has 0 saturated carbocycles. The summed E-state index contributed by atoms with van der Waals surface area (Å²) in [5.41, 5.74) is 10.3. The molecule has 0 fully saturated rings. The Hall–Kier alpha value is -5.87. The Morgan fingerprint density at radius 2 is 1.41 bits per heavy atom. The highest BCUT2D eigenvalue weighted by Gasteiger charge is 2.44. The molecule has 1 aliphatic heterocycles. The predicted molar refractivity (Wildman–Crippen MR) is 188 cm³/mol. The number of para-hydroxylation sites is 1.